The van der Waals surface area contributed by atoms with Gasteiger partial charge in [0.2, 0.25) is 0 Å². The number of nitrogens with one attached hydrogen (secondary N) is 1. The minimum absolute atomic E-state index is 0.674. The minimum atomic E-state index is 0.674. The number of ether oxygens (including phenoxy) is 1. The summed E-state index contributed by atoms with van der Waals surface area (Å²) >= 11 is 3.53. The van der Waals surface area contributed by atoms with Crippen LogP contribution in [0.5, 0.6) is 0 Å². The first-order valence-corrected chi connectivity index (χ1v) is 7.50. The van der Waals surface area contributed by atoms with Crippen molar-refractivity contribution in [2.24, 2.45) is 5.92 Å². The highest BCUT2D eigenvalue weighted by molar-refractivity contribution is 9.10. The highest BCUT2D eigenvalue weighted by atomic mass is 79.9. The third kappa shape index (κ3) is 4.40. The zero-order chi connectivity index (χ0) is 13.5. The van der Waals surface area contributed by atoms with E-state index in [9.17, 15) is 0 Å². The molecule has 0 aliphatic carbocycles. The largest absolute Gasteiger partial charge is 0.383 e. The van der Waals surface area contributed by atoms with Crippen LogP contribution in [0.15, 0.2) is 17.0 Å². The molecule has 1 saturated heterocycles. The number of methoxy groups -OCH3 is 1. The molecule has 2 rings (SSSR count). The van der Waals surface area contributed by atoms with Crippen molar-refractivity contribution in [3.05, 3.63) is 17.0 Å². The second kappa shape index (κ2) is 7.77. The van der Waals surface area contributed by atoms with Gasteiger partial charge >= 0.3 is 0 Å². The predicted molar refractivity (Wildman–Crippen MR) is 79.4 cm³/mol. The molecule has 1 aliphatic heterocycles. The fraction of sp³-hybridized carbons (Fsp3) is 0.692. The third-order valence-corrected chi connectivity index (χ3v) is 3.94. The van der Waals surface area contributed by atoms with Crippen LogP contribution in [0.25, 0.3) is 0 Å². The van der Waals surface area contributed by atoms with Gasteiger partial charge in [0.25, 0.3) is 0 Å². The smallest absolute Gasteiger partial charge is 0.146 e. The van der Waals surface area contributed by atoms with E-state index in [4.69, 9.17) is 4.74 Å². The average molecular weight is 329 g/mol. The lowest BCUT2D eigenvalue weighted by molar-refractivity contribution is 0.197. The van der Waals surface area contributed by atoms with Crippen molar-refractivity contribution < 1.29 is 4.74 Å². The SMILES string of the molecule is COCCNCC1CCCN(c2ncncc2Br)C1. The Morgan fingerprint density at radius 3 is 3.26 bits per heavy atom. The summed E-state index contributed by atoms with van der Waals surface area (Å²) in [6.07, 6.45) is 5.91. The summed E-state index contributed by atoms with van der Waals surface area (Å²) in [5.41, 5.74) is 0. The molecule has 1 aliphatic rings. The molecule has 1 aromatic rings. The summed E-state index contributed by atoms with van der Waals surface area (Å²) in [5.74, 6) is 1.68. The number of hydrogen-bond acceptors (Lipinski definition) is 5. The van der Waals surface area contributed by atoms with Crippen LogP contribution in [0.3, 0.4) is 0 Å². The van der Waals surface area contributed by atoms with Crippen molar-refractivity contribution in [2.45, 2.75) is 12.8 Å². The van der Waals surface area contributed by atoms with Crippen LogP contribution in [0.2, 0.25) is 0 Å². The summed E-state index contributed by atoms with van der Waals surface area (Å²) in [5, 5.41) is 3.45. The van der Waals surface area contributed by atoms with E-state index >= 15 is 0 Å². The van der Waals surface area contributed by atoms with Gasteiger partial charge in [-0.1, -0.05) is 0 Å². The fourth-order valence-electron chi connectivity index (χ4n) is 2.44. The lowest BCUT2D eigenvalue weighted by Gasteiger charge is -2.34. The van der Waals surface area contributed by atoms with Crippen molar-refractivity contribution in [1.29, 1.82) is 0 Å². The monoisotopic (exact) mass is 328 g/mol. The van der Waals surface area contributed by atoms with Gasteiger partial charge < -0.3 is 15.0 Å². The van der Waals surface area contributed by atoms with Crippen LogP contribution in [0.4, 0.5) is 5.82 Å². The average Bonchev–Trinajstić information content (AvgIpc) is 2.44. The normalized spacial score (nSPS) is 19.7. The summed E-state index contributed by atoms with van der Waals surface area (Å²) in [4.78, 5) is 10.7. The molecule has 1 atom stereocenters. The van der Waals surface area contributed by atoms with Crippen molar-refractivity contribution in [1.82, 2.24) is 15.3 Å². The van der Waals surface area contributed by atoms with E-state index in [0.29, 0.717) is 5.92 Å². The molecule has 0 saturated carbocycles. The van der Waals surface area contributed by atoms with E-state index in [-0.39, 0.29) is 0 Å². The van der Waals surface area contributed by atoms with Gasteiger partial charge in [0.15, 0.2) is 0 Å². The third-order valence-electron chi connectivity index (χ3n) is 3.38. The molecule has 1 fully saturated rings. The summed E-state index contributed by atoms with van der Waals surface area (Å²) in [7, 11) is 1.73. The van der Waals surface area contributed by atoms with Gasteiger partial charge in [-0.3, -0.25) is 0 Å². The zero-order valence-corrected chi connectivity index (χ0v) is 12.9. The molecule has 1 unspecified atom stereocenters. The van der Waals surface area contributed by atoms with Crippen LogP contribution in [0, 0.1) is 5.92 Å². The predicted octanol–water partition coefficient (Wildman–Crippen LogP) is 1.69. The van der Waals surface area contributed by atoms with Crippen LogP contribution < -0.4 is 10.2 Å². The van der Waals surface area contributed by atoms with Gasteiger partial charge in [-0.2, -0.15) is 0 Å². The Hall–Kier alpha value is -0.720. The number of nitrogens with zero attached hydrogens (tertiary/aromatic N) is 3. The molecule has 106 valence electrons. The number of piperidine rings is 1. The Morgan fingerprint density at radius 1 is 1.58 bits per heavy atom. The molecule has 0 aromatic carbocycles. The van der Waals surface area contributed by atoms with Crippen LogP contribution in [-0.4, -0.2) is 49.9 Å². The van der Waals surface area contributed by atoms with E-state index in [0.717, 1.165) is 43.1 Å². The standard InChI is InChI=1S/C13H21BrN4O/c1-19-6-4-15-7-11-3-2-5-18(9-11)13-12(14)8-16-10-17-13/h8,10-11,15H,2-7,9H2,1H3. The Kier molecular flexibility index (Phi) is 6.00. The highest BCUT2D eigenvalue weighted by Gasteiger charge is 2.21. The second-order valence-electron chi connectivity index (χ2n) is 4.85. The maximum Gasteiger partial charge on any atom is 0.146 e. The lowest BCUT2D eigenvalue weighted by Crippen LogP contribution is -2.40. The van der Waals surface area contributed by atoms with Crippen LogP contribution in [-0.2, 0) is 4.74 Å². The molecular weight excluding hydrogens is 308 g/mol. The Bertz CT molecular complexity index is 391. The van der Waals surface area contributed by atoms with Crippen LogP contribution >= 0.6 is 15.9 Å². The molecule has 0 bridgehead atoms. The molecular formula is C13H21BrN4O. The second-order valence-corrected chi connectivity index (χ2v) is 5.70. The van der Waals surface area contributed by atoms with Gasteiger partial charge in [-0.15, -0.1) is 0 Å². The zero-order valence-electron chi connectivity index (χ0n) is 11.3. The Labute approximate surface area is 122 Å². The fourth-order valence-corrected chi connectivity index (χ4v) is 2.91. The summed E-state index contributed by atoms with van der Waals surface area (Å²) < 4.78 is 6.02. The van der Waals surface area contributed by atoms with Crippen molar-refractivity contribution in [3.8, 4) is 0 Å². The Morgan fingerprint density at radius 2 is 2.47 bits per heavy atom. The molecule has 2 heterocycles. The van der Waals surface area contributed by atoms with Crippen molar-refractivity contribution in [2.75, 3.05) is 44.8 Å². The first-order chi connectivity index (χ1) is 9.31. The minimum Gasteiger partial charge on any atom is -0.383 e. The Balaban J connectivity index is 1.85. The molecule has 19 heavy (non-hydrogen) atoms. The van der Waals surface area contributed by atoms with E-state index < -0.39 is 0 Å². The molecule has 5 nitrogen and oxygen atoms in total. The lowest BCUT2D eigenvalue weighted by atomic mass is 9.98. The maximum atomic E-state index is 5.04. The molecule has 0 amide bonds. The van der Waals surface area contributed by atoms with Gasteiger partial charge in [0.05, 0.1) is 11.1 Å². The highest BCUT2D eigenvalue weighted by Crippen LogP contribution is 2.26. The van der Waals surface area contributed by atoms with Gasteiger partial charge in [-0.25, -0.2) is 9.97 Å². The quantitative estimate of drug-likeness (QED) is 0.805. The van der Waals surface area contributed by atoms with E-state index in [1.54, 1.807) is 13.4 Å². The maximum absolute atomic E-state index is 5.04. The van der Waals surface area contributed by atoms with Gasteiger partial charge in [-0.05, 0) is 41.2 Å². The number of aromatic nitrogens is 2. The first kappa shape index (κ1) is 14.7. The topological polar surface area (TPSA) is 50.3 Å². The molecule has 0 spiro atoms. The number of hydrogen-bond donors (Lipinski definition) is 1. The summed E-state index contributed by atoms with van der Waals surface area (Å²) in [6, 6.07) is 0. The van der Waals surface area contributed by atoms with Gasteiger partial charge in [0, 0.05) is 32.9 Å². The van der Waals surface area contributed by atoms with Crippen LogP contribution in [0.1, 0.15) is 12.8 Å². The van der Waals surface area contributed by atoms with Gasteiger partial charge in [0.1, 0.15) is 12.1 Å². The molecule has 1 aromatic heterocycles. The first-order valence-electron chi connectivity index (χ1n) is 6.71. The van der Waals surface area contributed by atoms with E-state index in [1.807, 2.05) is 6.20 Å². The number of rotatable bonds is 6. The molecule has 6 heteroatoms. The van der Waals surface area contributed by atoms with E-state index in [2.05, 4.69) is 36.1 Å². The number of anilines is 1. The van der Waals surface area contributed by atoms with Crippen molar-refractivity contribution in [3.63, 3.8) is 0 Å². The molecule has 0 radical (unpaired) electrons. The van der Waals surface area contributed by atoms with Crippen molar-refractivity contribution >= 4 is 21.7 Å². The summed E-state index contributed by atoms with van der Waals surface area (Å²) in [6.45, 7) is 4.86. The molecule has 1 N–H and O–H groups in total. The number of halogens is 1. The van der Waals surface area contributed by atoms with E-state index in [1.165, 1.54) is 12.8 Å².